The lowest BCUT2D eigenvalue weighted by atomic mass is 10.3. The van der Waals surface area contributed by atoms with Gasteiger partial charge >= 0.3 is 5.97 Å². The monoisotopic (exact) mass is 210 g/mol. The molecule has 0 fully saturated rings. The first-order chi connectivity index (χ1) is 6.59. The largest absolute Gasteiger partial charge is 0.478 e. The second-order valence-electron chi connectivity index (χ2n) is 2.67. The van der Waals surface area contributed by atoms with Gasteiger partial charge in [-0.1, -0.05) is 0 Å². The normalized spacial score (nSPS) is 10.7. The maximum atomic E-state index is 10.7. The zero-order chi connectivity index (χ0) is 10.3. The summed E-state index contributed by atoms with van der Waals surface area (Å²) in [4.78, 5) is 18.5. The van der Waals surface area contributed by atoms with Crippen LogP contribution in [0.15, 0.2) is 11.2 Å². The molecule has 0 aliphatic rings. The minimum atomic E-state index is -1.09. The fourth-order valence-electron chi connectivity index (χ4n) is 1.07. The Morgan fingerprint density at radius 2 is 2.36 bits per heavy atom. The molecule has 0 saturated carbocycles. The number of carbonyl (C=O) groups is 1. The summed E-state index contributed by atoms with van der Waals surface area (Å²) in [5, 5.41) is 13.0. The van der Waals surface area contributed by atoms with E-state index in [0.29, 0.717) is 11.6 Å². The standard InChI is InChI=1S/C7H6N4O2S/c1-3-9-7-8-2-4(6(12)13)5(14)11(7)10-3/h2,14H,1H3,(H,12,13). The van der Waals surface area contributed by atoms with E-state index in [1.807, 2.05) is 0 Å². The summed E-state index contributed by atoms with van der Waals surface area (Å²) >= 11 is 4.06. The Morgan fingerprint density at radius 1 is 1.64 bits per heavy atom. The van der Waals surface area contributed by atoms with E-state index >= 15 is 0 Å². The topological polar surface area (TPSA) is 80.4 Å². The first-order valence-corrected chi connectivity index (χ1v) is 4.19. The van der Waals surface area contributed by atoms with E-state index < -0.39 is 5.97 Å². The summed E-state index contributed by atoms with van der Waals surface area (Å²) in [5.74, 6) is -0.217. The van der Waals surface area contributed by atoms with E-state index in [9.17, 15) is 4.79 Å². The molecule has 0 saturated heterocycles. The maximum absolute atomic E-state index is 10.7. The van der Waals surface area contributed by atoms with Crippen molar-refractivity contribution >= 4 is 24.4 Å². The third-order valence-corrected chi connectivity index (χ3v) is 2.11. The van der Waals surface area contributed by atoms with Gasteiger partial charge in [0.05, 0.1) is 0 Å². The Balaban J connectivity index is 2.80. The third-order valence-electron chi connectivity index (χ3n) is 1.68. The molecule has 7 heteroatoms. The Bertz CT molecular complexity index is 522. The second kappa shape index (κ2) is 2.95. The van der Waals surface area contributed by atoms with Crippen LogP contribution in [0.5, 0.6) is 0 Å². The predicted molar refractivity (Wildman–Crippen MR) is 49.7 cm³/mol. The summed E-state index contributed by atoms with van der Waals surface area (Å²) < 4.78 is 1.29. The Morgan fingerprint density at radius 3 is 3.00 bits per heavy atom. The van der Waals surface area contributed by atoms with Gasteiger partial charge in [-0.25, -0.2) is 9.78 Å². The highest BCUT2D eigenvalue weighted by molar-refractivity contribution is 7.80. The molecule has 14 heavy (non-hydrogen) atoms. The number of carboxylic acid groups (broad SMARTS) is 1. The molecule has 2 rings (SSSR count). The van der Waals surface area contributed by atoms with Crippen LogP contribution in [0.4, 0.5) is 0 Å². The first-order valence-electron chi connectivity index (χ1n) is 3.74. The van der Waals surface area contributed by atoms with E-state index in [-0.39, 0.29) is 10.6 Å². The molecule has 0 aliphatic heterocycles. The molecular formula is C7H6N4O2S. The minimum absolute atomic E-state index is 0.00531. The van der Waals surface area contributed by atoms with E-state index in [4.69, 9.17) is 5.11 Å². The number of thiol groups is 1. The molecule has 0 spiro atoms. The molecular weight excluding hydrogens is 204 g/mol. The zero-order valence-electron chi connectivity index (χ0n) is 7.17. The van der Waals surface area contributed by atoms with Crippen LogP contribution in [0, 0.1) is 6.92 Å². The number of hydrogen-bond donors (Lipinski definition) is 2. The molecule has 0 amide bonds. The highest BCUT2D eigenvalue weighted by atomic mass is 32.1. The molecule has 72 valence electrons. The van der Waals surface area contributed by atoms with Crippen molar-refractivity contribution in [3.63, 3.8) is 0 Å². The van der Waals surface area contributed by atoms with Crippen LogP contribution in [0.25, 0.3) is 5.78 Å². The van der Waals surface area contributed by atoms with Gasteiger partial charge in [0, 0.05) is 6.20 Å². The molecule has 0 radical (unpaired) electrons. The van der Waals surface area contributed by atoms with Gasteiger partial charge < -0.3 is 5.11 Å². The van der Waals surface area contributed by atoms with Crippen LogP contribution in [-0.4, -0.2) is 30.7 Å². The summed E-state index contributed by atoms with van der Waals surface area (Å²) in [7, 11) is 0. The second-order valence-corrected chi connectivity index (χ2v) is 3.10. The predicted octanol–water partition coefficient (Wildman–Crippen LogP) is 0.420. The smallest absolute Gasteiger partial charge is 0.340 e. The van der Waals surface area contributed by atoms with Gasteiger partial charge in [-0.2, -0.15) is 9.50 Å². The lowest BCUT2D eigenvalue weighted by Crippen LogP contribution is -2.04. The summed E-state index contributed by atoms with van der Waals surface area (Å²) in [6.07, 6.45) is 1.22. The van der Waals surface area contributed by atoms with Gasteiger partial charge in [-0.15, -0.1) is 17.7 Å². The van der Waals surface area contributed by atoms with E-state index in [1.165, 1.54) is 10.7 Å². The fraction of sp³-hybridized carbons (Fsp3) is 0.143. The van der Waals surface area contributed by atoms with Crippen LogP contribution in [0.1, 0.15) is 16.2 Å². The summed E-state index contributed by atoms with van der Waals surface area (Å²) in [6, 6.07) is 0. The number of nitrogens with zero attached hydrogens (tertiary/aromatic N) is 4. The number of aromatic nitrogens is 4. The van der Waals surface area contributed by atoms with E-state index in [1.54, 1.807) is 6.92 Å². The molecule has 0 aromatic carbocycles. The van der Waals surface area contributed by atoms with Gasteiger partial charge in [0.25, 0.3) is 5.78 Å². The average Bonchev–Trinajstić information content (AvgIpc) is 2.46. The number of fused-ring (bicyclic) bond motifs is 1. The SMILES string of the molecule is Cc1nc2ncc(C(=O)O)c(S)n2n1. The van der Waals surface area contributed by atoms with Crippen molar-refractivity contribution in [1.82, 2.24) is 19.6 Å². The molecule has 0 atom stereocenters. The lowest BCUT2D eigenvalue weighted by molar-refractivity contribution is 0.0691. The van der Waals surface area contributed by atoms with E-state index in [2.05, 4.69) is 27.7 Å². The molecule has 6 nitrogen and oxygen atoms in total. The van der Waals surface area contributed by atoms with Gasteiger partial charge in [0.1, 0.15) is 16.4 Å². The van der Waals surface area contributed by atoms with Crippen molar-refractivity contribution in [2.75, 3.05) is 0 Å². The molecule has 2 aromatic heterocycles. The molecule has 0 unspecified atom stereocenters. The summed E-state index contributed by atoms with van der Waals surface area (Å²) in [5.41, 5.74) is 0.00531. The van der Waals surface area contributed by atoms with Crippen molar-refractivity contribution in [3.05, 3.63) is 17.6 Å². The maximum Gasteiger partial charge on any atom is 0.340 e. The number of aromatic carboxylic acids is 1. The Hall–Kier alpha value is -1.63. The molecule has 0 aliphatic carbocycles. The van der Waals surface area contributed by atoms with Gasteiger partial charge in [0.2, 0.25) is 0 Å². The molecule has 1 N–H and O–H groups in total. The third kappa shape index (κ3) is 1.22. The van der Waals surface area contributed by atoms with Crippen molar-refractivity contribution < 1.29 is 9.90 Å². The number of carboxylic acids is 1. The average molecular weight is 210 g/mol. The number of rotatable bonds is 1. The van der Waals surface area contributed by atoms with Crippen LogP contribution in [-0.2, 0) is 0 Å². The number of hydrogen-bond acceptors (Lipinski definition) is 5. The lowest BCUT2D eigenvalue weighted by Gasteiger charge is -1.99. The number of aryl methyl sites for hydroxylation is 1. The van der Waals surface area contributed by atoms with Gasteiger partial charge in [-0.05, 0) is 6.92 Å². The van der Waals surface area contributed by atoms with Crippen LogP contribution < -0.4 is 0 Å². The first kappa shape index (κ1) is 8.95. The highest BCUT2D eigenvalue weighted by Gasteiger charge is 2.13. The minimum Gasteiger partial charge on any atom is -0.478 e. The zero-order valence-corrected chi connectivity index (χ0v) is 8.06. The van der Waals surface area contributed by atoms with Crippen LogP contribution in [0.3, 0.4) is 0 Å². The Kier molecular flexibility index (Phi) is 1.88. The van der Waals surface area contributed by atoms with Crippen molar-refractivity contribution in [1.29, 1.82) is 0 Å². The Labute approximate surface area is 84.0 Å². The molecule has 2 heterocycles. The van der Waals surface area contributed by atoms with Crippen molar-refractivity contribution in [2.24, 2.45) is 0 Å². The van der Waals surface area contributed by atoms with Crippen molar-refractivity contribution in [3.8, 4) is 0 Å². The quantitative estimate of drug-likeness (QED) is 0.526. The van der Waals surface area contributed by atoms with Crippen molar-refractivity contribution in [2.45, 2.75) is 11.9 Å². The molecule has 0 bridgehead atoms. The van der Waals surface area contributed by atoms with Crippen LogP contribution >= 0.6 is 12.6 Å². The fourth-order valence-corrected chi connectivity index (χ4v) is 1.36. The van der Waals surface area contributed by atoms with E-state index in [0.717, 1.165) is 0 Å². The summed E-state index contributed by atoms with van der Waals surface area (Å²) in [6.45, 7) is 1.70. The van der Waals surface area contributed by atoms with Gasteiger partial charge in [0.15, 0.2) is 0 Å². The van der Waals surface area contributed by atoms with Gasteiger partial charge in [-0.3, -0.25) is 0 Å². The van der Waals surface area contributed by atoms with Crippen LogP contribution in [0.2, 0.25) is 0 Å². The highest BCUT2D eigenvalue weighted by Crippen LogP contribution is 2.13. The molecule has 2 aromatic rings.